The first-order valence-corrected chi connectivity index (χ1v) is 11.6. The fraction of sp³-hybridized carbons (Fsp3) is 0.583. The van der Waals surface area contributed by atoms with Gasteiger partial charge in [-0.1, -0.05) is 6.92 Å². The summed E-state index contributed by atoms with van der Waals surface area (Å²) in [6.45, 7) is 8.95. The van der Waals surface area contributed by atoms with Crippen molar-refractivity contribution in [1.29, 1.82) is 0 Å². The van der Waals surface area contributed by atoms with Crippen LogP contribution in [0.1, 0.15) is 25.8 Å². The Kier molecular flexibility index (Phi) is 6.81. The van der Waals surface area contributed by atoms with E-state index in [9.17, 15) is 18.0 Å². The van der Waals surface area contributed by atoms with Gasteiger partial charge in [0.2, 0.25) is 5.91 Å². The molecule has 2 unspecified atom stereocenters. The molecular weight excluding hydrogens is 431 g/mol. The van der Waals surface area contributed by atoms with Gasteiger partial charge in [-0.05, 0) is 50.6 Å². The third-order valence-corrected chi connectivity index (χ3v) is 6.86. The predicted molar refractivity (Wildman–Crippen MR) is 123 cm³/mol. The van der Waals surface area contributed by atoms with E-state index in [2.05, 4.69) is 39.0 Å². The predicted octanol–water partition coefficient (Wildman–Crippen LogP) is 3.22. The third kappa shape index (κ3) is 5.24. The van der Waals surface area contributed by atoms with Gasteiger partial charge in [0, 0.05) is 62.6 Å². The number of carbonyl (C=O) groups is 1. The molecule has 2 aliphatic rings. The number of anilines is 1. The summed E-state index contributed by atoms with van der Waals surface area (Å²) >= 11 is 0. The molecule has 1 aromatic carbocycles. The van der Waals surface area contributed by atoms with E-state index < -0.39 is 11.7 Å². The molecule has 180 valence electrons. The minimum absolute atomic E-state index is 0.0116. The van der Waals surface area contributed by atoms with Crippen molar-refractivity contribution in [1.82, 2.24) is 20.1 Å². The Morgan fingerprint density at radius 3 is 2.58 bits per heavy atom. The normalized spacial score (nSPS) is 24.1. The van der Waals surface area contributed by atoms with Gasteiger partial charge in [-0.15, -0.1) is 0 Å². The molecule has 0 saturated carbocycles. The fourth-order valence-electron chi connectivity index (χ4n) is 5.01. The molecule has 1 N–H and O–H groups in total. The molecule has 2 aliphatic heterocycles. The van der Waals surface area contributed by atoms with Gasteiger partial charge in [0.25, 0.3) is 0 Å². The van der Waals surface area contributed by atoms with Crippen LogP contribution in [0.25, 0.3) is 10.9 Å². The number of nitrogens with zero attached hydrogens (tertiary/aromatic N) is 4. The van der Waals surface area contributed by atoms with Gasteiger partial charge in [-0.25, -0.2) is 0 Å². The van der Waals surface area contributed by atoms with Crippen molar-refractivity contribution in [2.24, 2.45) is 5.92 Å². The largest absolute Gasteiger partial charge is 0.418 e. The second-order valence-electron chi connectivity index (χ2n) is 9.50. The van der Waals surface area contributed by atoms with Crippen LogP contribution in [-0.4, -0.2) is 79.1 Å². The van der Waals surface area contributed by atoms with E-state index in [0.29, 0.717) is 11.9 Å². The van der Waals surface area contributed by atoms with Crippen LogP contribution >= 0.6 is 0 Å². The molecule has 1 amide bonds. The molecule has 2 saturated heterocycles. The summed E-state index contributed by atoms with van der Waals surface area (Å²) in [5, 5.41) is 3.69. The molecule has 0 aliphatic carbocycles. The van der Waals surface area contributed by atoms with Crippen LogP contribution in [0.15, 0.2) is 30.5 Å². The summed E-state index contributed by atoms with van der Waals surface area (Å²) < 4.78 is 40.5. The highest BCUT2D eigenvalue weighted by Crippen LogP contribution is 2.38. The van der Waals surface area contributed by atoms with Gasteiger partial charge < -0.3 is 15.1 Å². The van der Waals surface area contributed by atoms with E-state index in [1.165, 1.54) is 12.3 Å². The van der Waals surface area contributed by atoms with Crippen LogP contribution in [0.5, 0.6) is 0 Å². The molecule has 3 atom stereocenters. The Morgan fingerprint density at radius 1 is 1.15 bits per heavy atom. The summed E-state index contributed by atoms with van der Waals surface area (Å²) in [6, 6.07) is 5.74. The number of hydrogen-bond acceptors (Lipinski definition) is 5. The molecule has 0 bridgehead atoms. The number of amides is 1. The zero-order chi connectivity index (χ0) is 23.8. The molecule has 4 rings (SSSR count). The van der Waals surface area contributed by atoms with Crippen molar-refractivity contribution < 1.29 is 18.0 Å². The van der Waals surface area contributed by atoms with Crippen molar-refractivity contribution in [2.75, 3.05) is 51.2 Å². The lowest BCUT2D eigenvalue weighted by atomic mass is 9.94. The number of rotatable bonds is 4. The molecule has 33 heavy (non-hydrogen) atoms. The maximum Gasteiger partial charge on any atom is 0.418 e. The van der Waals surface area contributed by atoms with Gasteiger partial charge in [0.15, 0.2) is 0 Å². The molecule has 1 aromatic heterocycles. The smallest absolute Gasteiger partial charge is 0.369 e. The Hall–Kier alpha value is -2.39. The van der Waals surface area contributed by atoms with Crippen LogP contribution in [0.3, 0.4) is 0 Å². The number of benzene rings is 1. The summed E-state index contributed by atoms with van der Waals surface area (Å²) in [4.78, 5) is 23.6. The van der Waals surface area contributed by atoms with Crippen LogP contribution in [0.4, 0.5) is 18.9 Å². The Morgan fingerprint density at radius 2 is 1.88 bits per heavy atom. The van der Waals surface area contributed by atoms with Crippen LogP contribution in [0, 0.1) is 5.92 Å². The Labute approximate surface area is 192 Å². The first kappa shape index (κ1) is 23.8. The number of piperazine rings is 1. The molecule has 9 heteroatoms. The number of halogens is 3. The van der Waals surface area contributed by atoms with Gasteiger partial charge >= 0.3 is 6.18 Å². The van der Waals surface area contributed by atoms with Crippen molar-refractivity contribution in [3.63, 3.8) is 0 Å². The van der Waals surface area contributed by atoms with Crippen molar-refractivity contribution in [3.05, 3.63) is 36.0 Å². The van der Waals surface area contributed by atoms with Crippen LogP contribution in [0.2, 0.25) is 0 Å². The SMILES string of the molecule is CC(C(=O)NC1C[C@H](C)CN(c2ccc(C(F)(F)F)c3ncccc23)C1)N1CCN(C)CC1. The van der Waals surface area contributed by atoms with Crippen molar-refractivity contribution in [2.45, 2.75) is 38.5 Å². The minimum atomic E-state index is -4.46. The van der Waals surface area contributed by atoms with Gasteiger partial charge in [-0.2, -0.15) is 13.2 Å². The maximum atomic E-state index is 13.5. The van der Waals surface area contributed by atoms with Crippen molar-refractivity contribution >= 4 is 22.5 Å². The highest BCUT2D eigenvalue weighted by atomic mass is 19.4. The first-order chi connectivity index (χ1) is 15.6. The van der Waals surface area contributed by atoms with Gasteiger partial charge in [-0.3, -0.25) is 14.7 Å². The van der Waals surface area contributed by atoms with Crippen LogP contribution in [-0.2, 0) is 11.0 Å². The standard InChI is InChI=1S/C24H32F3N5O/c1-16-13-18(29-23(33)17(2)31-11-9-30(3)10-12-31)15-32(14-16)21-7-6-20(24(25,26)27)22-19(21)5-4-8-28-22/h4-8,16-18H,9-15H2,1-3H3,(H,29,33)/t16-,17?,18?/m0/s1. The number of piperidine rings is 1. The van der Waals surface area contributed by atoms with E-state index in [0.717, 1.165) is 50.9 Å². The average Bonchev–Trinajstić information content (AvgIpc) is 2.77. The molecule has 2 aromatic rings. The number of pyridine rings is 1. The number of hydrogen-bond donors (Lipinski definition) is 1. The van der Waals surface area contributed by atoms with Crippen LogP contribution < -0.4 is 10.2 Å². The zero-order valence-electron chi connectivity index (χ0n) is 19.4. The monoisotopic (exact) mass is 463 g/mol. The lowest BCUT2D eigenvalue weighted by molar-refractivity contribution is -0.136. The first-order valence-electron chi connectivity index (χ1n) is 11.6. The van der Waals surface area contributed by atoms with E-state index in [1.54, 1.807) is 12.1 Å². The van der Waals surface area contributed by atoms with E-state index >= 15 is 0 Å². The minimum Gasteiger partial charge on any atom is -0.369 e. The highest BCUT2D eigenvalue weighted by molar-refractivity contribution is 5.94. The van der Waals surface area contributed by atoms with Gasteiger partial charge in [0.05, 0.1) is 17.1 Å². The van der Waals surface area contributed by atoms with E-state index in [4.69, 9.17) is 0 Å². The molecule has 6 nitrogen and oxygen atoms in total. The average molecular weight is 464 g/mol. The summed E-state index contributed by atoms with van der Waals surface area (Å²) in [7, 11) is 2.08. The van der Waals surface area contributed by atoms with Crippen molar-refractivity contribution in [3.8, 4) is 0 Å². The lowest BCUT2D eigenvalue weighted by Crippen LogP contribution is -2.57. The number of aromatic nitrogens is 1. The Balaban J connectivity index is 1.51. The second-order valence-corrected chi connectivity index (χ2v) is 9.50. The number of nitrogens with one attached hydrogen (secondary N) is 1. The molecule has 0 radical (unpaired) electrons. The third-order valence-electron chi connectivity index (χ3n) is 6.86. The van der Waals surface area contributed by atoms with E-state index in [1.807, 2.05) is 6.92 Å². The number of likely N-dealkylation sites (N-methyl/N-ethyl adjacent to an activating group) is 1. The fourth-order valence-corrected chi connectivity index (χ4v) is 5.01. The summed E-state index contributed by atoms with van der Waals surface area (Å²) in [6.07, 6.45) is -2.23. The maximum absolute atomic E-state index is 13.5. The number of carbonyl (C=O) groups excluding carboxylic acids is 1. The molecule has 3 heterocycles. The summed E-state index contributed by atoms with van der Waals surface area (Å²) in [5.41, 5.74) is -0.0354. The number of alkyl halides is 3. The number of fused-ring (bicyclic) bond motifs is 1. The topological polar surface area (TPSA) is 51.7 Å². The molecule has 0 spiro atoms. The zero-order valence-corrected chi connectivity index (χ0v) is 19.4. The van der Waals surface area contributed by atoms with E-state index in [-0.39, 0.29) is 29.4 Å². The summed E-state index contributed by atoms with van der Waals surface area (Å²) in [5.74, 6) is 0.301. The molecule has 2 fully saturated rings. The van der Waals surface area contributed by atoms with Gasteiger partial charge in [0.1, 0.15) is 0 Å². The Bertz CT molecular complexity index is 990. The highest BCUT2D eigenvalue weighted by Gasteiger charge is 2.35. The lowest BCUT2D eigenvalue weighted by Gasteiger charge is -2.40. The second kappa shape index (κ2) is 9.46. The molecular formula is C24H32F3N5O. The quantitative estimate of drug-likeness (QED) is 0.755.